The van der Waals surface area contributed by atoms with Gasteiger partial charge in [0.25, 0.3) is 0 Å². The predicted octanol–water partition coefficient (Wildman–Crippen LogP) is 5.33. The highest BCUT2D eigenvalue weighted by atomic mass is 79.9. The number of aromatic nitrogens is 3. The minimum atomic E-state index is -0.442. The minimum Gasteiger partial charge on any atom is -0.484 e. The Morgan fingerprint density at radius 2 is 2.03 bits per heavy atom. The molecule has 2 aromatic carbocycles. The van der Waals surface area contributed by atoms with Crippen LogP contribution in [0.4, 0.5) is 10.1 Å². The molecule has 0 saturated carbocycles. The molecule has 0 atom stereocenters. The van der Waals surface area contributed by atoms with E-state index in [0.717, 1.165) is 4.47 Å². The molecule has 0 spiro atoms. The maximum absolute atomic E-state index is 13.1. The normalized spacial score (nSPS) is 10.8. The number of nitrogens with one attached hydrogen (secondary N) is 1. The van der Waals surface area contributed by atoms with Gasteiger partial charge in [0.05, 0.1) is 21.5 Å². The third-order valence-electron chi connectivity index (χ3n) is 3.71. The fourth-order valence-electron chi connectivity index (χ4n) is 2.24. The molecular formula is C18H14BrCl2FN4O2S. The molecule has 0 aliphatic rings. The van der Waals surface area contributed by atoms with E-state index in [9.17, 15) is 9.18 Å². The quantitative estimate of drug-likeness (QED) is 0.427. The summed E-state index contributed by atoms with van der Waals surface area (Å²) in [6.45, 7) is 0.0934. The maximum atomic E-state index is 13.1. The van der Waals surface area contributed by atoms with Crippen LogP contribution in [0.25, 0.3) is 0 Å². The molecule has 0 bridgehead atoms. The second-order valence-corrected chi connectivity index (χ2v) is 8.45. The van der Waals surface area contributed by atoms with Crippen molar-refractivity contribution < 1.29 is 13.9 Å². The summed E-state index contributed by atoms with van der Waals surface area (Å²) in [6, 6.07) is 9.08. The summed E-state index contributed by atoms with van der Waals surface area (Å²) < 4.78 is 21.2. The van der Waals surface area contributed by atoms with Gasteiger partial charge < -0.3 is 14.6 Å². The van der Waals surface area contributed by atoms with Crippen molar-refractivity contribution in [3.05, 3.63) is 62.6 Å². The number of ether oxygens (including phenoxy) is 1. The van der Waals surface area contributed by atoms with E-state index in [-0.39, 0.29) is 23.3 Å². The van der Waals surface area contributed by atoms with Gasteiger partial charge in [0.15, 0.2) is 11.0 Å². The molecule has 3 rings (SSSR count). The fraction of sp³-hybridized carbons (Fsp3) is 0.167. The summed E-state index contributed by atoms with van der Waals surface area (Å²) in [5.41, 5.74) is 0.531. The van der Waals surface area contributed by atoms with Crippen LogP contribution in [-0.4, -0.2) is 26.4 Å². The summed E-state index contributed by atoms with van der Waals surface area (Å²) in [4.78, 5) is 12.2. The number of nitrogens with zero attached hydrogens (tertiary/aromatic N) is 3. The minimum absolute atomic E-state index is 0.0934. The van der Waals surface area contributed by atoms with E-state index in [2.05, 4.69) is 31.4 Å². The van der Waals surface area contributed by atoms with E-state index in [0.29, 0.717) is 27.4 Å². The number of thioether (sulfide) groups is 1. The number of benzene rings is 2. The van der Waals surface area contributed by atoms with Gasteiger partial charge in [-0.1, -0.05) is 50.9 Å². The zero-order chi connectivity index (χ0) is 21.0. The molecule has 0 aliphatic heterocycles. The molecule has 3 aromatic rings. The Kier molecular flexibility index (Phi) is 7.39. The molecule has 152 valence electrons. The Morgan fingerprint density at radius 3 is 2.76 bits per heavy atom. The summed E-state index contributed by atoms with van der Waals surface area (Å²) in [6.07, 6.45) is 0. The van der Waals surface area contributed by atoms with Crippen molar-refractivity contribution >= 4 is 62.5 Å². The average molecular weight is 520 g/mol. The fourth-order valence-corrected chi connectivity index (χ4v) is 3.91. The van der Waals surface area contributed by atoms with Crippen molar-refractivity contribution in [1.82, 2.24) is 14.8 Å². The van der Waals surface area contributed by atoms with Crippen molar-refractivity contribution in [2.24, 2.45) is 7.05 Å². The molecule has 1 amide bonds. The van der Waals surface area contributed by atoms with E-state index in [1.165, 1.54) is 30.0 Å². The second-order valence-electron chi connectivity index (χ2n) is 5.78. The first kappa shape index (κ1) is 21.9. The summed E-state index contributed by atoms with van der Waals surface area (Å²) in [7, 11) is 1.76. The zero-order valence-corrected chi connectivity index (χ0v) is 18.9. The molecule has 0 saturated heterocycles. The zero-order valence-electron chi connectivity index (χ0n) is 15.0. The van der Waals surface area contributed by atoms with Crippen molar-refractivity contribution in [2.45, 2.75) is 11.8 Å². The van der Waals surface area contributed by atoms with Crippen LogP contribution in [0.2, 0.25) is 10.0 Å². The van der Waals surface area contributed by atoms with Gasteiger partial charge in [-0.05, 0) is 36.4 Å². The number of hydrogen-bond acceptors (Lipinski definition) is 5. The number of rotatable bonds is 7. The molecular weight excluding hydrogens is 506 g/mol. The van der Waals surface area contributed by atoms with E-state index in [1.54, 1.807) is 29.8 Å². The van der Waals surface area contributed by atoms with Crippen molar-refractivity contribution in [1.29, 1.82) is 0 Å². The van der Waals surface area contributed by atoms with E-state index in [4.69, 9.17) is 27.9 Å². The highest BCUT2D eigenvalue weighted by molar-refractivity contribution is 9.10. The van der Waals surface area contributed by atoms with Crippen LogP contribution in [0.15, 0.2) is 46.0 Å². The third kappa shape index (κ3) is 5.85. The number of anilines is 1. The summed E-state index contributed by atoms with van der Waals surface area (Å²) in [5, 5.41) is 12.0. The lowest BCUT2D eigenvalue weighted by atomic mass is 10.3. The summed E-state index contributed by atoms with van der Waals surface area (Å²) in [5.74, 6) is 0.337. The lowest BCUT2D eigenvalue weighted by molar-refractivity contribution is -0.113. The van der Waals surface area contributed by atoms with Gasteiger partial charge in [-0.25, -0.2) is 4.39 Å². The molecule has 0 radical (unpaired) electrons. The first-order valence-corrected chi connectivity index (χ1v) is 10.7. The Balaban J connectivity index is 1.55. The first-order chi connectivity index (χ1) is 13.8. The van der Waals surface area contributed by atoms with E-state index in [1.807, 2.05) is 0 Å². The van der Waals surface area contributed by atoms with Gasteiger partial charge in [-0.15, -0.1) is 10.2 Å². The Bertz CT molecular complexity index is 1050. The van der Waals surface area contributed by atoms with E-state index >= 15 is 0 Å². The van der Waals surface area contributed by atoms with Gasteiger partial charge >= 0.3 is 0 Å². The van der Waals surface area contributed by atoms with Gasteiger partial charge in [0.1, 0.15) is 18.2 Å². The van der Waals surface area contributed by atoms with Gasteiger partial charge in [0.2, 0.25) is 5.91 Å². The molecule has 0 aliphatic carbocycles. The van der Waals surface area contributed by atoms with Gasteiger partial charge in [-0.2, -0.15) is 0 Å². The lowest BCUT2D eigenvalue weighted by Crippen LogP contribution is -2.15. The van der Waals surface area contributed by atoms with Crippen LogP contribution < -0.4 is 10.1 Å². The Hall–Kier alpha value is -1.81. The van der Waals surface area contributed by atoms with Crippen LogP contribution in [0, 0.1) is 5.82 Å². The van der Waals surface area contributed by atoms with Crippen LogP contribution in [0.3, 0.4) is 0 Å². The second kappa shape index (κ2) is 9.80. The molecule has 6 nitrogen and oxygen atoms in total. The number of amides is 1. The molecule has 11 heteroatoms. The molecule has 0 unspecified atom stereocenters. The average Bonchev–Trinajstić information content (AvgIpc) is 3.01. The van der Waals surface area contributed by atoms with Crippen LogP contribution in [-0.2, 0) is 18.4 Å². The summed E-state index contributed by atoms with van der Waals surface area (Å²) >= 11 is 16.6. The maximum Gasteiger partial charge on any atom is 0.234 e. The molecule has 1 aromatic heterocycles. The standard InChI is InChI=1S/C18H14BrCl2FN4O2S/c1-26-16(8-28-15-5-3-11(22)7-13(15)21)24-25-18(26)29-9-17(27)23-14-4-2-10(19)6-12(14)20/h2-7H,8-9H2,1H3,(H,23,27). The van der Waals surface area contributed by atoms with Gasteiger partial charge in [0, 0.05) is 11.5 Å². The number of carbonyl (C=O) groups excluding carboxylic acids is 1. The first-order valence-electron chi connectivity index (χ1n) is 8.17. The SMILES string of the molecule is Cn1c(COc2ccc(F)cc2Cl)nnc1SCC(=O)Nc1ccc(Br)cc1Cl. The van der Waals surface area contributed by atoms with Crippen LogP contribution in [0.5, 0.6) is 5.75 Å². The number of halogens is 4. The topological polar surface area (TPSA) is 69.0 Å². The van der Waals surface area contributed by atoms with Gasteiger partial charge in [-0.3, -0.25) is 4.79 Å². The number of carbonyl (C=O) groups is 1. The van der Waals surface area contributed by atoms with Crippen molar-refractivity contribution in [3.63, 3.8) is 0 Å². The molecule has 1 heterocycles. The molecule has 1 N–H and O–H groups in total. The Morgan fingerprint density at radius 1 is 1.24 bits per heavy atom. The Labute approximate surface area is 188 Å². The largest absolute Gasteiger partial charge is 0.484 e. The van der Waals surface area contributed by atoms with Crippen molar-refractivity contribution in [3.8, 4) is 5.75 Å². The van der Waals surface area contributed by atoms with Crippen molar-refractivity contribution in [2.75, 3.05) is 11.1 Å². The van der Waals surface area contributed by atoms with Crippen LogP contribution in [0.1, 0.15) is 5.82 Å². The number of hydrogen-bond donors (Lipinski definition) is 1. The lowest BCUT2D eigenvalue weighted by Gasteiger charge is -2.09. The highest BCUT2D eigenvalue weighted by Crippen LogP contribution is 2.27. The highest BCUT2D eigenvalue weighted by Gasteiger charge is 2.14. The third-order valence-corrected chi connectivity index (χ3v) is 5.83. The predicted molar refractivity (Wildman–Crippen MR) is 115 cm³/mol. The smallest absolute Gasteiger partial charge is 0.234 e. The van der Waals surface area contributed by atoms with E-state index < -0.39 is 5.82 Å². The molecule has 0 fully saturated rings. The monoisotopic (exact) mass is 518 g/mol. The van der Waals surface area contributed by atoms with Crippen LogP contribution >= 0.6 is 50.9 Å². The molecule has 29 heavy (non-hydrogen) atoms.